The fourth-order valence-electron chi connectivity index (χ4n) is 5.45. The largest absolute Gasteiger partial charge is 0.549 e. The van der Waals surface area contributed by atoms with Crippen LogP contribution in [0, 0.1) is 11.3 Å². The van der Waals surface area contributed by atoms with Crippen LogP contribution in [-0.2, 0) is 25.7 Å². The summed E-state index contributed by atoms with van der Waals surface area (Å²) in [6, 6.07) is 17.4. The fraction of sp³-hybridized carbons (Fsp3) is 0.419. The van der Waals surface area contributed by atoms with Crippen LogP contribution in [0.25, 0.3) is 0 Å². The monoisotopic (exact) mass is 528 g/mol. The standard InChI is InChI=1S/C31H35N3O5/c35-26-21-39-29(25-10-2-1-3-11-25)33-34(26)20-22-12-14-24(15-13-22)27(23-8-4-5-9-23)28(36)32-19-7-6-16-31(17-18-31)30(37)38/h1-3,6,10-16,23,27H,4-5,7-9,17-21H2,(H,32,36)(H,37,38)/p-1/b16-6+. The minimum absolute atomic E-state index is 0.00421. The minimum atomic E-state index is -1.02. The summed E-state index contributed by atoms with van der Waals surface area (Å²) in [5, 5.41) is 20.1. The van der Waals surface area contributed by atoms with Gasteiger partial charge in [-0.3, -0.25) is 9.59 Å². The lowest BCUT2D eigenvalue weighted by Gasteiger charge is -2.25. The molecule has 2 amide bonds. The molecule has 0 spiro atoms. The Labute approximate surface area is 228 Å². The molecule has 0 saturated heterocycles. The topological polar surface area (TPSA) is 111 Å². The Morgan fingerprint density at radius 2 is 1.82 bits per heavy atom. The molecule has 2 saturated carbocycles. The maximum Gasteiger partial charge on any atom is 0.281 e. The average Bonchev–Trinajstić information content (AvgIpc) is 3.56. The number of amides is 2. The normalized spacial score (nSPS) is 19.4. The van der Waals surface area contributed by atoms with E-state index in [9.17, 15) is 19.5 Å². The summed E-state index contributed by atoms with van der Waals surface area (Å²) in [7, 11) is 0. The van der Waals surface area contributed by atoms with Gasteiger partial charge in [-0.25, -0.2) is 5.01 Å². The van der Waals surface area contributed by atoms with Gasteiger partial charge in [0.25, 0.3) is 5.91 Å². The Morgan fingerprint density at radius 3 is 2.49 bits per heavy atom. The molecule has 5 rings (SSSR count). The molecule has 2 aromatic rings. The number of carboxylic acids is 1. The molecule has 1 N–H and O–H groups in total. The first-order valence-electron chi connectivity index (χ1n) is 13.8. The summed E-state index contributed by atoms with van der Waals surface area (Å²) >= 11 is 0. The van der Waals surface area contributed by atoms with Gasteiger partial charge in [-0.15, -0.1) is 5.10 Å². The number of nitrogens with one attached hydrogen (secondary N) is 1. The Bertz CT molecular complexity index is 1240. The van der Waals surface area contributed by atoms with Crippen molar-refractivity contribution < 1.29 is 24.2 Å². The lowest BCUT2D eigenvalue weighted by atomic mass is 9.83. The van der Waals surface area contributed by atoms with E-state index in [-0.39, 0.29) is 30.3 Å². The minimum Gasteiger partial charge on any atom is -0.549 e. The third kappa shape index (κ3) is 6.38. The molecular formula is C31H34N3O5-. The number of hydrogen-bond acceptors (Lipinski definition) is 6. The van der Waals surface area contributed by atoms with E-state index < -0.39 is 11.4 Å². The highest BCUT2D eigenvalue weighted by Gasteiger charge is 2.41. The van der Waals surface area contributed by atoms with Gasteiger partial charge >= 0.3 is 0 Å². The summed E-state index contributed by atoms with van der Waals surface area (Å²) in [5.41, 5.74) is 1.91. The number of carbonyl (C=O) groups is 3. The molecule has 0 bridgehead atoms. The molecule has 1 unspecified atom stereocenters. The first kappa shape index (κ1) is 26.7. The van der Waals surface area contributed by atoms with Gasteiger partial charge in [-0.2, -0.15) is 0 Å². The molecule has 0 aromatic heterocycles. The Hall–Kier alpha value is -3.94. The van der Waals surface area contributed by atoms with Gasteiger partial charge in [0, 0.05) is 17.5 Å². The van der Waals surface area contributed by atoms with E-state index in [0.717, 1.165) is 42.4 Å². The van der Waals surface area contributed by atoms with Crippen LogP contribution in [0.1, 0.15) is 67.6 Å². The summed E-state index contributed by atoms with van der Waals surface area (Å²) in [5.74, 6) is -0.748. The van der Waals surface area contributed by atoms with Crippen LogP contribution in [0.15, 0.2) is 71.9 Å². The molecule has 1 heterocycles. The second-order valence-corrected chi connectivity index (χ2v) is 10.7. The molecule has 39 heavy (non-hydrogen) atoms. The molecule has 1 aliphatic heterocycles. The fourth-order valence-corrected chi connectivity index (χ4v) is 5.45. The number of hydrazone groups is 1. The molecule has 2 aromatic carbocycles. The van der Waals surface area contributed by atoms with Gasteiger partial charge in [0.15, 0.2) is 6.61 Å². The lowest BCUT2D eigenvalue weighted by molar-refractivity contribution is -0.311. The number of aliphatic carboxylic acids is 1. The summed E-state index contributed by atoms with van der Waals surface area (Å²) < 4.78 is 5.54. The highest BCUT2D eigenvalue weighted by molar-refractivity contribution is 5.97. The zero-order valence-corrected chi connectivity index (χ0v) is 22.0. The molecule has 8 nitrogen and oxygen atoms in total. The number of nitrogens with zero attached hydrogens (tertiary/aromatic N) is 2. The van der Waals surface area contributed by atoms with Crippen molar-refractivity contribution in [3.63, 3.8) is 0 Å². The Morgan fingerprint density at radius 1 is 1.10 bits per heavy atom. The van der Waals surface area contributed by atoms with Crippen molar-refractivity contribution in [2.45, 2.75) is 57.4 Å². The first-order chi connectivity index (χ1) is 18.9. The number of carboxylic acid groups (broad SMARTS) is 1. The summed E-state index contributed by atoms with van der Waals surface area (Å²) in [6.45, 7) is 0.721. The number of benzene rings is 2. The molecule has 2 fully saturated rings. The van der Waals surface area contributed by atoms with Crippen LogP contribution in [-0.4, -0.2) is 41.8 Å². The van der Waals surface area contributed by atoms with E-state index in [1.165, 1.54) is 5.01 Å². The molecule has 204 valence electrons. The van der Waals surface area contributed by atoms with Crippen LogP contribution in [0.2, 0.25) is 0 Å². The van der Waals surface area contributed by atoms with E-state index in [1.54, 1.807) is 6.08 Å². The third-order valence-corrected chi connectivity index (χ3v) is 7.92. The second-order valence-electron chi connectivity index (χ2n) is 10.7. The number of ether oxygens (including phenoxy) is 1. The van der Waals surface area contributed by atoms with Crippen molar-refractivity contribution in [3.8, 4) is 0 Å². The van der Waals surface area contributed by atoms with E-state index >= 15 is 0 Å². The highest BCUT2D eigenvalue weighted by atomic mass is 16.5. The van der Waals surface area contributed by atoms with Gasteiger partial charge in [0.1, 0.15) is 0 Å². The SMILES string of the molecule is O=C(NCC/C=C/C1(C(=O)[O-])CC1)C(c1ccc(CN2N=C(c3ccccc3)OCC2=O)cc1)C1CCCC1. The van der Waals surface area contributed by atoms with Crippen molar-refractivity contribution in [1.29, 1.82) is 0 Å². The summed E-state index contributed by atoms with van der Waals surface area (Å²) in [6.07, 6.45) is 9.67. The lowest BCUT2D eigenvalue weighted by Crippen LogP contribution is -2.36. The average molecular weight is 529 g/mol. The van der Waals surface area contributed by atoms with Crippen LogP contribution >= 0.6 is 0 Å². The third-order valence-electron chi connectivity index (χ3n) is 7.92. The smallest absolute Gasteiger partial charge is 0.281 e. The van der Waals surface area contributed by atoms with Gasteiger partial charge in [-0.1, -0.05) is 67.5 Å². The number of rotatable bonds is 11. The van der Waals surface area contributed by atoms with Gasteiger partial charge in [-0.05, 0) is 61.3 Å². The number of carbonyl (C=O) groups excluding carboxylic acids is 3. The molecule has 0 radical (unpaired) electrons. The maximum absolute atomic E-state index is 13.3. The predicted molar refractivity (Wildman–Crippen MR) is 144 cm³/mol. The van der Waals surface area contributed by atoms with Crippen molar-refractivity contribution in [3.05, 3.63) is 83.4 Å². The van der Waals surface area contributed by atoms with E-state index in [0.29, 0.717) is 38.2 Å². The quantitative estimate of drug-likeness (QED) is 0.356. The maximum atomic E-state index is 13.3. The van der Waals surface area contributed by atoms with Crippen LogP contribution in [0.5, 0.6) is 0 Å². The van der Waals surface area contributed by atoms with Crippen molar-refractivity contribution >= 4 is 23.7 Å². The van der Waals surface area contributed by atoms with Gasteiger partial charge < -0.3 is 20.0 Å². The highest BCUT2D eigenvalue weighted by Crippen LogP contribution is 2.46. The van der Waals surface area contributed by atoms with Crippen LogP contribution in [0.3, 0.4) is 0 Å². The van der Waals surface area contributed by atoms with Crippen molar-refractivity contribution in [2.75, 3.05) is 13.2 Å². The zero-order valence-electron chi connectivity index (χ0n) is 22.0. The van der Waals surface area contributed by atoms with Gasteiger partial charge in [0.05, 0.1) is 18.4 Å². The molecule has 8 heteroatoms. The molecule has 3 aliphatic rings. The van der Waals surface area contributed by atoms with Crippen LogP contribution < -0.4 is 10.4 Å². The molecule has 2 aliphatic carbocycles. The molecular weight excluding hydrogens is 494 g/mol. The Kier molecular flexibility index (Phi) is 8.10. The Balaban J connectivity index is 1.22. The van der Waals surface area contributed by atoms with Gasteiger partial charge in [0.2, 0.25) is 11.8 Å². The van der Waals surface area contributed by atoms with E-state index in [2.05, 4.69) is 10.4 Å². The van der Waals surface area contributed by atoms with Crippen LogP contribution in [0.4, 0.5) is 0 Å². The predicted octanol–water partition coefficient (Wildman–Crippen LogP) is 3.27. The first-order valence-corrected chi connectivity index (χ1v) is 13.8. The van der Waals surface area contributed by atoms with Crippen molar-refractivity contribution in [1.82, 2.24) is 10.3 Å². The zero-order chi connectivity index (χ0) is 27.2. The summed E-state index contributed by atoms with van der Waals surface area (Å²) in [4.78, 5) is 37.0. The molecule has 1 atom stereocenters. The second kappa shape index (κ2) is 11.8. The van der Waals surface area contributed by atoms with Crippen molar-refractivity contribution in [2.24, 2.45) is 16.4 Å². The van der Waals surface area contributed by atoms with E-state index in [4.69, 9.17) is 4.74 Å². The number of hydrogen-bond donors (Lipinski definition) is 1. The van der Waals surface area contributed by atoms with E-state index in [1.807, 2.05) is 60.7 Å².